The van der Waals surface area contributed by atoms with E-state index in [1.54, 1.807) is 0 Å². The van der Waals surface area contributed by atoms with Crippen LogP contribution in [0.3, 0.4) is 0 Å². The van der Waals surface area contributed by atoms with Crippen LogP contribution in [0.25, 0.3) is 0 Å². The molecule has 0 radical (unpaired) electrons. The highest BCUT2D eigenvalue weighted by molar-refractivity contribution is 4.78. The zero-order valence-corrected chi connectivity index (χ0v) is 10.5. The van der Waals surface area contributed by atoms with Crippen molar-refractivity contribution in [2.24, 2.45) is 11.5 Å². The number of piperazine rings is 3. The first-order valence-corrected chi connectivity index (χ1v) is 6.71. The molecule has 0 amide bonds. The van der Waals surface area contributed by atoms with Crippen molar-refractivity contribution in [1.29, 1.82) is 0 Å². The maximum atomic E-state index is 5.28. The Hall–Kier alpha value is -0.160. The summed E-state index contributed by atoms with van der Waals surface area (Å²) in [6.45, 7) is 9.56. The van der Waals surface area contributed by atoms with Gasteiger partial charge in [0.1, 0.15) is 0 Å². The Labute approximate surface area is 99.9 Å². The molecule has 4 nitrogen and oxygen atoms in total. The van der Waals surface area contributed by atoms with Gasteiger partial charge in [0.05, 0.1) is 0 Å². The molecule has 0 spiro atoms. The molecular formula is C12H28N4. The summed E-state index contributed by atoms with van der Waals surface area (Å²) >= 11 is 0. The quantitative estimate of drug-likeness (QED) is 0.654. The molecule has 3 fully saturated rings. The Morgan fingerprint density at radius 3 is 1.06 bits per heavy atom. The number of unbranched alkanes of at least 4 members (excludes halogenated alkanes) is 3. The van der Waals surface area contributed by atoms with Gasteiger partial charge in [-0.05, 0) is 25.9 Å². The lowest BCUT2D eigenvalue weighted by Gasteiger charge is -2.41. The summed E-state index contributed by atoms with van der Waals surface area (Å²) in [5, 5.41) is 0. The van der Waals surface area contributed by atoms with Crippen molar-refractivity contribution in [3.05, 3.63) is 0 Å². The summed E-state index contributed by atoms with van der Waals surface area (Å²) in [5.41, 5.74) is 10.6. The summed E-state index contributed by atoms with van der Waals surface area (Å²) in [5.74, 6) is 0. The SMILES string of the molecule is C1CN2CCN1CC2.NCCCCCCN. The molecule has 3 aliphatic rings. The molecule has 0 unspecified atom stereocenters. The van der Waals surface area contributed by atoms with Crippen molar-refractivity contribution in [3.63, 3.8) is 0 Å². The van der Waals surface area contributed by atoms with Crippen LogP contribution in [0.15, 0.2) is 0 Å². The van der Waals surface area contributed by atoms with Crippen molar-refractivity contribution in [2.45, 2.75) is 25.7 Å². The highest BCUT2D eigenvalue weighted by atomic mass is 15.3. The summed E-state index contributed by atoms with van der Waals surface area (Å²) in [6.07, 6.45) is 4.79. The van der Waals surface area contributed by atoms with E-state index in [-0.39, 0.29) is 0 Å². The van der Waals surface area contributed by atoms with Crippen LogP contribution in [0.1, 0.15) is 25.7 Å². The molecule has 4 N–H and O–H groups in total. The van der Waals surface area contributed by atoms with Crippen LogP contribution in [0, 0.1) is 0 Å². The van der Waals surface area contributed by atoms with Gasteiger partial charge in [-0.15, -0.1) is 0 Å². The number of hydrogen-bond acceptors (Lipinski definition) is 4. The zero-order chi connectivity index (χ0) is 11.6. The first-order valence-electron chi connectivity index (χ1n) is 6.71. The minimum atomic E-state index is 0.824. The van der Waals surface area contributed by atoms with Crippen LogP contribution in [-0.4, -0.2) is 62.2 Å². The predicted octanol–water partition coefficient (Wildman–Crippen LogP) is 0.0818. The van der Waals surface area contributed by atoms with E-state index in [0.29, 0.717) is 0 Å². The minimum Gasteiger partial charge on any atom is -0.330 e. The van der Waals surface area contributed by atoms with E-state index in [1.807, 2.05) is 0 Å². The highest BCUT2D eigenvalue weighted by Gasteiger charge is 2.21. The van der Waals surface area contributed by atoms with Crippen molar-refractivity contribution >= 4 is 0 Å². The molecule has 0 atom stereocenters. The molecule has 3 heterocycles. The van der Waals surface area contributed by atoms with Crippen molar-refractivity contribution in [3.8, 4) is 0 Å². The second-order valence-electron chi connectivity index (χ2n) is 4.67. The van der Waals surface area contributed by atoms with Gasteiger partial charge in [-0.25, -0.2) is 0 Å². The maximum Gasteiger partial charge on any atom is 0.0110 e. The third-order valence-electron chi connectivity index (χ3n) is 3.36. The first kappa shape index (κ1) is 13.9. The molecule has 0 aromatic heterocycles. The molecule has 96 valence electrons. The van der Waals surface area contributed by atoms with Gasteiger partial charge < -0.3 is 11.5 Å². The maximum absolute atomic E-state index is 5.28. The van der Waals surface area contributed by atoms with Crippen LogP contribution in [0.5, 0.6) is 0 Å². The van der Waals surface area contributed by atoms with E-state index in [2.05, 4.69) is 9.80 Å². The summed E-state index contributed by atoms with van der Waals surface area (Å²) < 4.78 is 0. The van der Waals surface area contributed by atoms with E-state index in [4.69, 9.17) is 11.5 Å². The number of rotatable bonds is 5. The largest absolute Gasteiger partial charge is 0.330 e. The second kappa shape index (κ2) is 8.93. The predicted molar refractivity (Wildman–Crippen MR) is 69.5 cm³/mol. The van der Waals surface area contributed by atoms with Crippen molar-refractivity contribution in [2.75, 3.05) is 52.4 Å². The monoisotopic (exact) mass is 228 g/mol. The van der Waals surface area contributed by atoms with Gasteiger partial charge >= 0.3 is 0 Å². The molecule has 3 aliphatic heterocycles. The molecule has 0 saturated carbocycles. The van der Waals surface area contributed by atoms with E-state index in [9.17, 15) is 0 Å². The molecule has 2 bridgehead atoms. The van der Waals surface area contributed by atoms with Gasteiger partial charge in [0.15, 0.2) is 0 Å². The summed E-state index contributed by atoms with van der Waals surface area (Å²) in [6, 6.07) is 0. The molecule has 16 heavy (non-hydrogen) atoms. The smallest absolute Gasteiger partial charge is 0.0110 e. The second-order valence-corrected chi connectivity index (χ2v) is 4.67. The molecule has 3 saturated heterocycles. The third-order valence-corrected chi connectivity index (χ3v) is 3.36. The van der Waals surface area contributed by atoms with E-state index < -0.39 is 0 Å². The first-order chi connectivity index (χ1) is 7.86. The topological polar surface area (TPSA) is 58.5 Å². The van der Waals surface area contributed by atoms with Crippen LogP contribution < -0.4 is 11.5 Å². The molecular weight excluding hydrogens is 200 g/mol. The average molecular weight is 228 g/mol. The fourth-order valence-corrected chi connectivity index (χ4v) is 2.16. The van der Waals surface area contributed by atoms with Gasteiger partial charge in [0.25, 0.3) is 0 Å². The highest BCUT2D eigenvalue weighted by Crippen LogP contribution is 2.06. The average Bonchev–Trinajstić information content (AvgIpc) is 2.38. The van der Waals surface area contributed by atoms with Crippen LogP contribution in [0.2, 0.25) is 0 Å². The fraction of sp³-hybridized carbons (Fsp3) is 1.00. The standard InChI is InChI=1S/C6H12N2.C6H16N2/c1-2-8-5-3-7(1)4-6-8;7-5-3-1-2-4-6-8/h1-6H2;1-8H2. The number of hydrogen-bond donors (Lipinski definition) is 2. The van der Waals surface area contributed by atoms with Gasteiger partial charge in [-0.2, -0.15) is 0 Å². The summed E-state index contributed by atoms with van der Waals surface area (Å²) in [7, 11) is 0. The zero-order valence-electron chi connectivity index (χ0n) is 10.5. The van der Waals surface area contributed by atoms with Crippen LogP contribution in [-0.2, 0) is 0 Å². The molecule has 4 heteroatoms. The number of nitrogens with two attached hydrogens (primary N) is 2. The Morgan fingerprint density at radius 1 is 0.562 bits per heavy atom. The molecule has 0 aromatic carbocycles. The summed E-state index contributed by atoms with van der Waals surface area (Å²) in [4.78, 5) is 5.08. The van der Waals surface area contributed by atoms with Crippen LogP contribution >= 0.6 is 0 Å². The lowest BCUT2D eigenvalue weighted by Crippen LogP contribution is -2.55. The van der Waals surface area contributed by atoms with Crippen molar-refractivity contribution < 1.29 is 0 Å². The lowest BCUT2D eigenvalue weighted by molar-refractivity contribution is 0.0647. The third kappa shape index (κ3) is 5.80. The number of nitrogens with zero attached hydrogens (tertiary/aromatic N) is 2. The van der Waals surface area contributed by atoms with Gasteiger partial charge in [0, 0.05) is 39.3 Å². The van der Waals surface area contributed by atoms with Gasteiger partial charge in [0.2, 0.25) is 0 Å². The lowest BCUT2D eigenvalue weighted by atomic mass is 10.2. The number of fused-ring (bicyclic) bond motifs is 3. The van der Waals surface area contributed by atoms with E-state index in [1.165, 1.54) is 52.1 Å². The molecule has 0 aliphatic carbocycles. The van der Waals surface area contributed by atoms with E-state index in [0.717, 1.165) is 25.9 Å². The molecule has 0 aromatic rings. The van der Waals surface area contributed by atoms with E-state index >= 15 is 0 Å². The Bertz CT molecular complexity index is 126. The van der Waals surface area contributed by atoms with Crippen molar-refractivity contribution in [1.82, 2.24) is 9.80 Å². The Morgan fingerprint density at radius 2 is 0.875 bits per heavy atom. The van der Waals surface area contributed by atoms with Gasteiger partial charge in [-0.1, -0.05) is 12.8 Å². The minimum absolute atomic E-state index is 0.824. The Kier molecular flexibility index (Phi) is 7.76. The fourth-order valence-electron chi connectivity index (χ4n) is 2.16. The molecule has 3 rings (SSSR count). The van der Waals surface area contributed by atoms with Gasteiger partial charge in [-0.3, -0.25) is 9.80 Å². The Balaban J connectivity index is 0.000000160. The normalized spacial score (nSPS) is 27.4. The van der Waals surface area contributed by atoms with Crippen LogP contribution in [0.4, 0.5) is 0 Å².